The average Bonchev–Trinajstić information content (AvgIpc) is 2.16. The molecule has 86 valence electrons. The lowest BCUT2D eigenvalue weighted by Gasteiger charge is -2.30. The molecule has 2 fully saturated rings. The summed E-state index contributed by atoms with van der Waals surface area (Å²) in [5.41, 5.74) is 0. The van der Waals surface area contributed by atoms with Crippen molar-refractivity contribution in [2.24, 2.45) is 5.92 Å². The Bertz CT molecular complexity index is 226. The molecule has 2 N–H and O–H groups in total. The topological polar surface area (TPSA) is 49.3 Å². The van der Waals surface area contributed by atoms with E-state index in [0.29, 0.717) is 12.3 Å². The number of nitrogens with one attached hydrogen (secondary N) is 1. The molecular weight excluding hydrogens is 190 g/mol. The van der Waals surface area contributed by atoms with Crippen molar-refractivity contribution in [1.29, 1.82) is 0 Å². The molecule has 15 heavy (non-hydrogen) atoms. The highest BCUT2D eigenvalue weighted by molar-refractivity contribution is 5.76. The molecule has 2 rings (SSSR count). The molecule has 0 spiro atoms. The van der Waals surface area contributed by atoms with Gasteiger partial charge < -0.3 is 10.4 Å². The van der Waals surface area contributed by atoms with E-state index in [0.717, 1.165) is 25.7 Å². The van der Waals surface area contributed by atoms with Crippen molar-refractivity contribution in [1.82, 2.24) is 5.32 Å². The number of aliphatic hydroxyl groups excluding tert-OH is 1. The van der Waals surface area contributed by atoms with Crippen molar-refractivity contribution in [3.05, 3.63) is 0 Å². The molecule has 2 aliphatic rings. The minimum absolute atomic E-state index is 0.0197. The van der Waals surface area contributed by atoms with Crippen molar-refractivity contribution < 1.29 is 9.90 Å². The maximum absolute atomic E-state index is 11.6. The van der Waals surface area contributed by atoms with Gasteiger partial charge in [-0.05, 0) is 31.6 Å². The number of hydrogen-bond donors (Lipinski definition) is 2. The van der Waals surface area contributed by atoms with Crippen molar-refractivity contribution in [2.45, 2.75) is 63.5 Å². The van der Waals surface area contributed by atoms with Crippen molar-refractivity contribution in [3.63, 3.8) is 0 Å². The molecule has 2 atom stereocenters. The highest BCUT2D eigenvalue weighted by atomic mass is 16.3. The average molecular weight is 211 g/mol. The van der Waals surface area contributed by atoms with E-state index in [1.807, 2.05) is 0 Å². The summed E-state index contributed by atoms with van der Waals surface area (Å²) in [6.45, 7) is 0. The van der Waals surface area contributed by atoms with Gasteiger partial charge in [-0.1, -0.05) is 19.3 Å². The van der Waals surface area contributed by atoms with E-state index in [2.05, 4.69) is 5.32 Å². The van der Waals surface area contributed by atoms with Crippen LogP contribution in [0, 0.1) is 5.92 Å². The largest absolute Gasteiger partial charge is 0.391 e. The zero-order chi connectivity index (χ0) is 10.7. The summed E-state index contributed by atoms with van der Waals surface area (Å²) in [7, 11) is 0. The van der Waals surface area contributed by atoms with Crippen LogP contribution in [-0.2, 0) is 4.79 Å². The predicted octanol–water partition coefficient (Wildman–Crippen LogP) is 1.60. The summed E-state index contributed by atoms with van der Waals surface area (Å²) in [5.74, 6) is 0.761. The van der Waals surface area contributed by atoms with Crippen LogP contribution in [0.15, 0.2) is 0 Å². The lowest BCUT2D eigenvalue weighted by molar-refractivity contribution is -0.124. The Balaban J connectivity index is 1.71. The maximum Gasteiger partial charge on any atom is 0.220 e. The van der Waals surface area contributed by atoms with E-state index in [1.165, 1.54) is 19.3 Å². The second-order valence-corrected chi connectivity index (χ2v) is 5.03. The molecule has 0 heterocycles. The van der Waals surface area contributed by atoms with Crippen molar-refractivity contribution in [2.75, 3.05) is 0 Å². The SMILES string of the molecule is O=C(CC1CCC1)NC1CCCCC1O. The third-order valence-corrected chi connectivity index (χ3v) is 3.77. The molecule has 0 aromatic heterocycles. The molecule has 2 aliphatic carbocycles. The molecule has 2 unspecified atom stereocenters. The van der Waals surface area contributed by atoms with Gasteiger partial charge in [-0.15, -0.1) is 0 Å². The second kappa shape index (κ2) is 4.97. The molecule has 0 bridgehead atoms. The summed E-state index contributed by atoms with van der Waals surface area (Å²) >= 11 is 0. The second-order valence-electron chi connectivity index (χ2n) is 5.03. The van der Waals surface area contributed by atoms with Crippen LogP contribution >= 0.6 is 0 Å². The van der Waals surface area contributed by atoms with Crippen LogP contribution in [-0.4, -0.2) is 23.2 Å². The fourth-order valence-electron chi connectivity index (χ4n) is 2.50. The van der Waals surface area contributed by atoms with Gasteiger partial charge >= 0.3 is 0 Å². The molecule has 2 saturated carbocycles. The first-order valence-corrected chi connectivity index (χ1v) is 6.23. The van der Waals surface area contributed by atoms with Crippen LogP contribution in [0.4, 0.5) is 0 Å². The minimum Gasteiger partial charge on any atom is -0.391 e. The fraction of sp³-hybridized carbons (Fsp3) is 0.917. The summed E-state index contributed by atoms with van der Waals surface area (Å²) in [5, 5.41) is 12.7. The Morgan fingerprint density at radius 3 is 2.47 bits per heavy atom. The number of amides is 1. The third-order valence-electron chi connectivity index (χ3n) is 3.77. The fourth-order valence-corrected chi connectivity index (χ4v) is 2.50. The Hall–Kier alpha value is -0.570. The van der Waals surface area contributed by atoms with Crippen LogP contribution in [0.1, 0.15) is 51.4 Å². The normalized spacial score (nSPS) is 32.1. The van der Waals surface area contributed by atoms with E-state index in [-0.39, 0.29) is 18.1 Å². The van der Waals surface area contributed by atoms with Crippen LogP contribution in [0.3, 0.4) is 0 Å². The van der Waals surface area contributed by atoms with E-state index >= 15 is 0 Å². The summed E-state index contributed by atoms with van der Waals surface area (Å²) < 4.78 is 0. The third kappa shape index (κ3) is 2.94. The van der Waals surface area contributed by atoms with E-state index in [1.54, 1.807) is 0 Å². The number of rotatable bonds is 3. The first-order chi connectivity index (χ1) is 7.25. The van der Waals surface area contributed by atoms with E-state index in [9.17, 15) is 9.90 Å². The van der Waals surface area contributed by atoms with Gasteiger partial charge in [0.1, 0.15) is 0 Å². The number of hydrogen-bond acceptors (Lipinski definition) is 2. The molecular formula is C12H21NO2. The highest BCUT2D eigenvalue weighted by Gasteiger charge is 2.26. The Labute approximate surface area is 91.2 Å². The quantitative estimate of drug-likeness (QED) is 0.745. The van der Waals surface area contributed by atoms with Crippen LogP contribution < -0.4 is 5.32 Å². The van der Waals surface area contributed by atoms with Gasteiger partial charge in [0, 0.05) is 6.42 Å². The van der Waals surface area contributed by atoms with Gasteiger partial charge in [0.25, 0.3) is 0 Å². The van der Waals surface area contributed by atoms with Crippen LogP contribution in [0.5, 0.6) is 0 Å². The summed E-state index contributed by atoms with van der Waals surface area (Å²) in [6.07, 6.45) is 8.06. The van der Waals surface area contributed by atoms with E-state index in [4.69, 9.17) is 0 Å². The molecule has 0 saturated heterocycles. The minimum atomic E-state index is -0.316. The Morgan fingerprint density at radius 1 is 1.13 bits per heavy atom. The van der Waals surface area contributed by atoms with Crippen molar-refractivity contribution >= 4 is 5.91 Å². The van der Waals surface area contributed by atoms with E-state index < -0.39 is 0 Å². The summed E-state index contributed by atoms with van der Waals surface area (Å²) in [4.78, 5) is 11.6. The van der Waals surface area contributed by atoms with Gasteiger partial charge in [-0.3, -0.25) is 4.79 Å². The monoisotopic (exact) mass is 211 g/mol. The predicted molar refractivity (Wildman–Crippen MR) is 58.4 cm³/mol. The maximum atomic E-state index is 11.6. The van der Waals surface area contributed by atoms with Crippen LogP contribution in [0.2, 0.25) is 0 Å². The lowest BCUT2D eigenvalue weighted by Crippen LogP contribution is -2.45. The first-order valence-electron chi connectivity index (χ1n) is 6.23. The smallest absolute Gasteiger partial charge is 0.220 e. The lowest BCUT2D eigenvalue weighted by atomic mass is 9.82. The zero-order valence-electron chi connectivity index (χ0n) is 9.24. The van der Waals surface area contributed by atoms with Crippen molar-refractivity contribution in [3.8, 4) is 0 Å². The van der Waals surface area contributed by atoms with Gasteiger partial charge in [0.05, 0.1) is 12.1 Å². The van der Waals surface area contributed by atoms with Gasteiger partial charge in [0.2, 0.25) is 5.91 Å². The number of carbonyl (C=O) groups excluding carboxylic acids is 1. The molecule has 0 aromatic rings. The Kier molecular flexibility index (Phi) is 3.62. The standard InChI is InChI=1S/C12H21NO2/c14-11-7-2-1-6-10(11)13-12(15)8-9-4-3-5-9/h9-11,14H,1-8H2,(H,13,15). The first kappa shape index (κ1) is 10.9. The molecule has 3 heteroatoms. The van der Waals surface area contributed by atoms with Crippen LogP contribution in [0.25, 0.3) is 0 Å². The highest BCUT2D eigenvalue weighted by Crippen LogP contribution is 2.29. The Morgan fingerprint density at radius 2 is 1.87 bits per heavy atom. The zero-order valence-corrected chi connectivity index (χ0v) is 9.24. The molecule has 1 amide bonds. The van der Waals surface area contributed by atoms with Gasteiger partial charge in [-0.2, -0.15) is 0 Å². The number of aliphatic hydroxyl groups is 1. The molecule has 0 radical (unpaired) electrons. The molecule has 0 aromatic carbocycles. The molecule has 3 nitrogen and oxygen atoms in total. The van der Waals surface area contributed by atoms with Gasteiger partial charge in [-0.25, -0.2) is 0 Å². The number of carbonyl (C=O) groups is 1. The summed E-state index contributed by atoms with van der Waals surface area (Å²) in [6, 6.07) is 0.0197. The molecule has 0 aliphatic heterocycles. The van der Waals surface area contributed by atoms with Gasteiger partial charge in [0.15, 0.2) is 0 Å².